The molecule has 0 aliphatic carbocycles. The number of nitrogens with zero attached hydrogens (tertiary/aromatic N) is 4. The van der Waals surface area contributed by atoms with Gasteiger partial charge < -0.3 is 5.32 Å². The number of hydrogen-bond donors (Lipinski definition) is 1. The van der Waals surface area contributed by atoms with Crippen molar-refractivity contribution in [2.45, 2.75) is 46.2 Å². The second kappa shape index (κ2) is 5.82. The van der Waals surface area contributed by atoms with E-state index in [9.17, 15) is 0 Å². The van der Waals surface area contributed by atoms with Gasteiger partial charge >= 0.3 is 0 Å². The molecule has 5 heteroatoms. The highest BCUT2D eigenvalue weighted by Crippen LogP contribution is 2.38. The van der Waals surface area contributed by atoms with Gasteiger partial charge in [-0.15, -0.1) is 0 Å². The molecule has 2 fully saturated rings. The molecule has 0 aromatic carbocycles. The van der Waals surface area contributed by atoms with Crippen LogP contribution in [0, 0.1) is 11.3 Å². The number of hydrogen-bond acceptors (Lipinski definition) is 4. The van der Waals surface area contributed by atoms with Crippen LogP contribution in [0.1, 0.15) is 38.9 Å². The first kappa shape index (κ1) is 14.0. The lowest BCUT2D eigenvalue weighted by Gasteiger charge is -2.33. The van der Waals surface area contributed by atoms with E-state index >= 15 is 0 Å². The van der Waals surface area contributed by atoms with E-state index in [4.69, 9.17) is 0 Å². The highest BCUT2D eigenvalue weighted by Gasteiger charge is 2.38. The van der Waals surface area contributed by atoms with Gasteiger partial charge in [-0.1, -0.05) is 13.8 Å². The van der Waals surface area contributed by atoms with Gasteiger partial charge in [0.05, 0.1) is 6.54 Å². The lowest BCUT2D eigenvalue weighted by molar-refractivity contribution is 0.191. The first-order chi connectivity index (χ1) is 9.67. The van der Waals surface area contributed by atoms with Gasteiger partial charge in [-0.3, -0.25) is 4.90 Å². The monoisotopic (exact) mass is 277 g/mol. The Labute approximate surface area is 121 Å². The topological polar surface area (TPSA) is 46.0 Å². The number of rotatable bonds is 4. The molecule has 0 amide bonds. The fourth-order valence-electron chi connectivity index (χ4n) is 3.64. The van der Waals surface area contributed by atoms with Gasteiger partial charge in [0.1, 0.15) is 12.2 Å². The summed E-state index contributed by atoms with van der Waals surface area (Å²) in [5.74, 6) is 1.74. The predicted molar refractivity (Wildman–Crippen MR) is 79.3 cm³/mol. The minimum absolute atomic E-state index is 0.578. The second-order valence-electron chi connectivity index (χ2n) is 6.96. The van der Waals surface area contributed by atoms with Crippen LogP contribution in [0.15, 0.2) is 6.33 Å². The Bertz CT molecular complexity index is 433. The molecule has 0 bridgehead atoms. The highest BCUT2D eigenvalue weighted by molar-refractivity contribution is 4.95. The maximum absolute atomic E-state index is 4.46. The van der Waals surface area contributed by atoms with Crippen LogP contribution in [-0.2, 0) is 13.1 Å². The average Bonchev–Trinajstić information content (AvgIpc) is 2.99. The summed E-state index contributed by atoms with van der Waals surface area (Å²) in [6.07, 6.45) is 5.73. The quantitative estimate of drug-likeness (QED) is 0.906. The van der Waals surface area contributed by atoms with Crippen molar-refractivity contribution < 1.29 is 0 Å². The molecule has 0 atom stereocenters. The molecule has 112 valence electrons. The lowest BCUT2D eigenvalue weighted by Crippen LogP contribution is -2.38. The summed E-state index contributed by atoms with van der Waals surface area (Å²) < 4.78 is 2.08. The van der Waals surface area contributed by atoms with E-state index in [0.29, 0.717) is 11.3 Å². The predicted octanol–water partition coefficient (Wildman–Crippen LogP) is 1.51. The van der Waals surface area contributed by atoms with Gasteiger partial charge in [0, 0.05) is 13.1 Å². The lowest BCUT2D eigenvalue weighted by atomic mass is 9.78. The molecule has 1 spiro atoms. The van der Waals surface area contributed by atoms with Crippen molar-refractivity contribution in [1.82, 2.24) is 25.0 Å². The smallest absolute Gasteiger partial charge is 0.141 e. The largest absolute Gasteiger partial charge is 0.317 e. The van der Waals surface area contributed by atoms with Crippen molar-refractivity contribution in [3.05, 3.63) is 12.2 Å². The molecule has 3 heterocycles. The molecule has 1 aromatic heterocycles. The van der Waals surface area contributed by atoms with Crippen LogP contribution in [0.25, 0.3) is 0 Å². The van der Waals surface area contributed by atoms with Crippen LogP contribution < -0.4 is 5.32 Å². The van der Waals surface area contributed by atoms with Gasteiger partial charge in [-0.05, 0) is 50.2 Å². The second-order valence-corrected chi connectivity index (χ2v) is 6.96. The molecule has 3 rings (SSSR count). The normalized spacial score (nSPS) is 22.9. The summed E-state index contributed by atoms with van der Waals surface area (Å²) in [4.78, 5) is 7.04. The maximum atomic E-state index is 4.46. The summed E-state index contributed by atoms with van der Waals surface area (Å²) in [7, 11) is 0. The van der Waals surface area contributed by atoms with Gasteiger partial charge in [0.25, 0.3) is 0 Å². The molecule has 1 N–H and O–H groups in total. The average molecular weight is 277 g/mol. The first-order valence-electron chi connectivity index (χ1n) is 7.97. The molecular weight excluding hydrogens is 250 g/mol. The number of likely N-dealkylation sites (tertiary alicyclic amines) is 1. The molecule has 2 saturated heterocycles. The summed E-state index contributed by atoms with van der Waals surface area (Å²) >= 11 is 0. The summed E-state index contributed by atoms with van der Waals surface area (Å²) in [6, 6.07) is 0. The Hall–Kier alpha value is -0.940. The summed E-state index contributed by atoms with van der Waals surface area (Å²) in [6.45, 7) is 11.2. The van der Waals surface area contributed by atoms with E-state index in [0.717, 1.165) is 18.9 Å². The van der Waals surface area contributed by atoms with Gasteiger partial charge in [-0.2, -0.15) is 5.10 Å². The van der Waals surface area contributed by atoms with E-state index in [1.54, 1.807) is 6.33 Å². The standard InChI is InChI=1S/C15H27N5/c1-13(2)9-20-14(17-12-18-20)10-19-8-5-15(11-19)3-6-16-7-4-15/h12-13,16H,3-11H2,1-2H3. The van der Waals surface area contributed by atoms with Crippen molar-refractivity contribution >= 4 is 0 Å². The third-order valence-corrected chi connectivity index (χ3v) is 4.78. The third-order valence-electron chi connectivity index (χ3n) is 4.78. The van der Waals surface area contributed by atoms with Crippen molar-refractivity contribution in [2.24, 2.45) is 11.3 Å². The van der Waals surface area contributed by atoms with E-state index < -0.39 is 0 Å². The highest BCUT2D eigenvalue weighted by atomic mass is 15.4. The molecule has 0 unspecified atom stereocenters. The van der Waals surface area contributed by atoms with Gasteiger partial charge in [0.15, 0.2) is 0 Å². The van der Waals surface area contributed by atoms with Gasteiger partial charge in [-0.25, -0.2) is 9.67 Å². The minimum Gasteiger partial charge on any atom is -0.317 e. The van der Waals surface area contributed by atoms with Crippen LogP contribution in [0.2, 0.25) is 0 Å². The molecular formula is C15H27N5. The Morgan fingerprint density at radius 2 is 2.10 bits per heavy atom. The Morgan fingerprint density at radius 3 is 2.85 bits per heavy atom. The Kier molecular flexibility index (Phi) is 4.08. The zero-order valence-electron chi connectivity index (χ0n) is 12.8. The number of piperidine rings is 1. The molecule has 2 aliphatic heterocycles. The minimum atomic E-state index is 0.578. The van der Waals surface area contributed by atoms with E-state index in [1.807, 2.05) is 0 Å². The first-order valence-corrected chi connectivity index (χ1v) is 7.97. The molecule has 5 nitrogen and oxygen atoms in total. The fraction of sp³-hybridized carbons (Fsp3) is 0.867. The zero-order chi connectivity index (χ0) is 14.0. The molecule has 0 radical (unpaired) electrons. The molecule has 2 aliphatic rings. The van der Waals surface area contributed by atoms with Crippen LogP contribution in [0.3, 0.4) is 0 Å². The van der Waals surface area contributed by atoms with Crippen LogP contribution in [0.4, 0.5) is 0 Å². The van der Waals surface area contributed by atoms with Gasteiger partial charge in [0.2, 0.25) is 0 Å². The van der Waals surface area contributed by atoms with Crippen LogP contribution >= 0.6 is 0 Å². The fourth-order valence-corrected chi connectivity index (χ4v) is 3.64. The van der Waals surface area contributed by atoms with Crippen molar-refractivity contribution in [3.63, 3.8) is 0 Å². The van der Waals surface area contributed by atoms with E-state index in [-0.39, 0.29) is 0 Å². The SMILES string of the molecule is CC(C)Cn1ncnc1CN1CCC2(CCNCC2)C1. The Morgan fingerprint density at radius 1 is 1.30 bits per heavy atom. The van der Waals surface area contributed by atoms with E-state index in [2.05, 4.69) is 38.8 Å². The van der Waals surface area contributed by atoms with Crippen molar-refractivity contribution in [1.29, 1.82) is 0 Å². The molecule has 0 saturated carbocycles. The van der Waals surface area contributed by atoms with E-state index in [1.165, 1.54) is 45.4 Å². The third kappa shape index (κ3) is 3.04. The maximum Gasteiger partial charge on any atom is 0.141 e. The van der Waals surface area contributed by atoms with Crippen molar-refractivity contribution in [2.75, 3.05) is 26.2 Å². The zero-order valence-corrected chi connectivity index (χ0v) is 12.8. The molecule has 1 aromatic rings. The summed E-state index contributed by atoms with van der Waals surface area (Å²) in [5, 5.41) is 7.85. The molecule has 20 heavy (non-hydrogen) atoms. The number of aromatic nitrogens is 3. The number of nitrogens with one attached hydrogen (secondary N) is 1. The van der Waals surface area contributed by atoms with Crippen molar-refractivity contribution in [3.8, 4) is 0 Å². The summed E-state index contributed by atoms with van der Waals surface area (Å²) in [5.41, 5.74) is 0.578. The van der Waals surface area contributed by atoms with Crippen LogP contribution in [0.5, 0.6) is 0 Å². The Balaban J connectivity index is 1.60. The van der Waals surface area contributed by atoms with Crippen LogP contribution in [-0.4, -0.2) is 45.8 Å².